The van der Waals surface area contributed by atoms with Gasteiger partial charge >= 0.3 is 6.36 Å². The van der Waals surface area contributed by atoms with E-state index in [4.69, 9.17) is 0 Å². The first-order chi connectivity index (χ1) is 18.6. The van der Waals surface area contributed by atoms with Crippen LogP contribution in [0.25, 0.3) is 10.9 Å². The first kappa shape index (κ1) is 25.4. The summed E-state index contributed by atoms with van der Waals surface area (Å²) >= 11 is 3.37. The fraction of sp³-hybridized carbons (Fsp3) is 0.222. The molecule has 4 aromatic rings. The number of halogens is 4. The summed E-state index contributed by atoms with van der Waals surface area (Å²) in [5, 5.41) is 19.6. The van der Waals surface area contributed by atoms with Crippen LogP contribution in [0.2, 0.25) is 0 Å². The lowest BCUT2D eigenvalue weighted by Gasteiger charge is -2.30. The molecule has 6 rings (SSSR count). The molecule has 39 heavy (non-hydrogen) atoms. The molecule has 1 amide bonds. The van der Waals surface area contributed by atoms with Crippen LogP contribution in [-0.2, 0) is 16.8 Å². The minimum absolute atomic E-state index is 0.162. The molecule has 8 nitrogen and oxygen atoms in total. The van der Waals surface area contributed by atoms with Crippen molar-refractivity contribution in [1.29, 1.82) is 0 Å². The third kappa shape index (κ3) is 4.23. The molecule has 1 fully saturated rings. The number of nitrogens with zero attached hydrogens (tertiary/aromatic N) is 1. The third-order valence-electron chi connectivity index (χ3n) is 7.48. The summed E-state index contributed by atoms with van der Waals surface area (Å²) in [5.74, 6) is -2.15. The van der Waals surface area contributed by atoms with E-state index in [1.54, 1.807) is 30.5 Å². The number of benzene rings is 3. The number of ether oxygens (including phenoxy) is 1. The number of alkyl halides is 3. The second kappa shape index (κ2) is 9.09. The molecule has 12 heteroatoms. The standard InChI is InChI=1S/C27H20BrF3N4O4/c28-16-7-5-14(6-8-16)23-24(35(37)38)22(11-15-13-32-20-4-2-1-3-18(15)20)34-26(23)19-12-17(39-27(29,30)31)9-10-21(19)33-25(26)36/h1-10,12-13,22-24,32,34H,11H2,(H,33,36)/t22-,23+,24-,26+/m1/s1. The van der Waals surface area contributed by atoms with E-state index in [2.05, 4.69) is 36.3 Å². The van der Waals surface area contributed by atoms with Crippen molar-refractivity contribution in [3.8, 4) is 5.75 Å². The average molecular weight is 601 g/mol. The number of amides is 1. The molecule has 2 aliphatic rings. The predicted octanol–water partition coefficient (Wildman–Crippen LogP) is 5.62. The Kier molecular flexibility index (Phi) is 5.92. The molecular weight excluding hydrogens is 581 g/mol. The number of fused-ring (bicyclic) bond motifs is 3. The van der Waals surface area contributed by atoms with E-state index in [-0.39, 0.29) is 17.7 Å². The van der Waals surface area contributed by atoms with E-state index in [0.717, 1.165) is 33.1 Å². The van der Waals surface area contributed by atoms with Gasteiger partial charge in [-0.25, -0.2) is 0 Å². The van der Waals surface area contributed by atoms with Crippen molar-refractivity contribution in [2.24, 2.45) is 0 Å². The number of para-hydroxylation sites is 1. The number of H-pyrrole nitrogens is 1. The van der Waals surface area contributed by atoms with Crippen molar-refractivity contribution in [3.05, 3.63) is 104 Å². The summed E-state index contributed by atoms with van der Waals surface area (Å²) in [7, 11) is 0. The minimum atomic E-state index is -4.95. The third-order valence-corrected chi connectivity index (χ3v) is 8.01. The molecule has 0 aliphatic carbocycles. The number of hydrogen-bond donors (Lipinski definition) is 3. The Morgan fingerprint density at radius 3 is 2.54 bits per heavy atom. The highest BCUT2D eigenvalue weighted by Crippen LogP contribution is 2.53. The van der Waals surface area contributed by atoms with Gasteiger partial charge in [0.05, 0.1) is 12.0 Å². The Morgan fingerprint density at radius 1 is 1.08 bits per heavy atom. The summed E-state index contributed by atoms with van der Waals surface area (Å²) in [6.07, 6.45) is -2.97. The van der Waals surface area contributed by atoms with E-state index in [9.17, 15) is 28.1 Å². The van der Waals surface area contributed by atoms with Gasteiger partial charge in [0.2, 0.25) is 11.9 Å². The van der Waals surface area contributed by atoms with Gasteiger partial charge < -0.3 is 15.0 Å². The molecular formula is C27H20BrF3N4O4. The quantitative estimate of drug-likeness (QED) is 0.203. The summed E-state index contributed by atoms with van der Waals surface area (Å²) in [5.41, 5.74) is 0.880. The molecule has 200 valence electrons. The van der Waals surface area contributed by atoms with Crippen LogP contribution in [0, 0.1) is 10.1 Å². The zero-order valence-electron chi connectivity index (χ0n) is 20.0. The monoisotopic (exact) mass is 600 g/mol. The van der Waals surface area contributed by atoms with E-state index in [1.807, 2.05) is 24.3 Å². The molecule has 0 radical (unpaired) electrons. The maximum absolute atomic E-state index is 13.8. The molecule has 0 bridgehead atoms. The lowest BCUT2D eigenvalue weighted by Crippen LogP contribution is -2.49. The van der Waals surface area contributed by atoms with Gasteiger partial charge in [0, 0.05) is 37.7 Å². The molecule has 1 aromatic heterocycles. The van der Waals surface area contributed by atoms with Gasteiger partial charge in [0.1, 0.15) is 11.3 Å². The zero-order chi connectivity index (χ0) is 27.5. The molecule has 1 saturated heterocycles. The Bertz CT molecular complexity index is 1610. The largest absolute Gasteiger partial charge is 0.573 e. The van der Waals surface area contributed by atoms with Gasteiger partial charge in [0.25, 0.3) is 0 Å². The van der Waals surface area contributed by atoms with Crippen molar-refractivity contribution >= 4 is 38.4 Å². The number of carbonyl (C=O) groups is 1. The number of aromatic amines is 1. The molecule has 3 aromatic carbocycles. The lowest BCUT2D eigenvalue weighted by molar-refractivity contribution is -0.526. The summed E-state index contributed by atoms with van der Waals surface area (Å²) < 4.78 is 44.1. The van der Waals surface area contributed by atoms with Crippen LogP contribution in [0.3, 0.4) is 0 Å². The number of rotatable bonds is 5. The van der Waals surface area contributed by atoms with Crippen LogP contribution >= 0.6 is 15.9 Å². The van der Waals surface area contributed by atoms with Crippen LogP contribution in [0.15, 0.2) is 77.4 Å². The topological polar surface area (TPSA) is 109 Å². The Labute approximate surface area is 227 Å². The van der Waals surface area contributed by atoms with Gasteiger partial charge in [-0.05, 0) is 53.9 Å². The Hall–Kier alpha value is -3.90. The normalized spacial score (nSPS) is 24.2. The number of nitro groups is 1. The molecule has 4 atom stereocenters. The van der Waals surface area contributed by atoms with Crippen LogP contribution in [0.4, 0.5) is 18.9 Å². The molecule has 0 unspecified atom stereocenters. The zero-order valence-corrected chi connectivity index (χ0v) is 21.5. The van der Waals surface area contributed by atoms with E-state index >= 15 is 0 Å². The predicted molar refractivity (Wildman–Crippen MR) is 140 cm³/mol. The molecule has 3 heterocycles. The van der Waals surface area contributed by atoms with Gasteiger partial charge in [-0.1, -0.05) is 46.3 Å². The molecule has 1 spiro atoms. The Balaban J connectivity index is 1.52. The van der Waals surface area contributed by atoms with E-state index in [0.29, 0.717) is 5.56 Å². The van der Waals surface area contributed by atoms with Gasteiger partial charge in [-0.2, -0.15) is 0 Å². The number of aromatic nitrogens is 1. The Morgan fingerprint density at radius 2 is 1.82 bits per heavy atom. The number of nitrogens with one attached hydrogen (secondary N) is 3. The number of anilines is 1. The smallest absolute Gasteiger partial charge is 0.406 e. The summed E-state index contributed by atoms with van der Waals surface area (Å²) in [4.78, 5) is 29.2. The second-order valence-corrected chi connectivity index (χ2v) is 10.6. The average Bonchev–Trinajstić information content (AvgIpc) is 3.52. The van der Waals surface area contributed by atoms with Gasteiger partial charge in [-0.3, -0.25) is 20.2 Å². The fourth-order valence-corrected chi connectivity index (χ4v) is 6.27. The van der Waals surface area contributed by atoms with E-state index in [1.165, 1.54) is 6.07 Å². The number of hydrogen-bond acceptors (Lipinski definition) is 5. The van der Waals surface area contributed by atoms with Gasteiger partial charge in [0.15, 0.2) is 0 Å². The van der Waals surface area contributed by atoms with Crippen LogP contribution < -0.4 is 15.4 Å². The van der Waals surface area contributed by atoms with Crippen LogP contribution in [0.5, 0.6) is 5.75 Å². The fourth-order valence-electron chi connectivity index (χ4n) is 6.00. The van der Waals surface area contributed by atoms with Crippen molar-refractivity contribution < 1.29 is 27.6 Å². The molecule has 0 saturated carbocycles. The van der Waals surface area contributed by atoms with Crippen molar-refractivity contribution in [2.75, 3.05) is 5.32 Å². The first-order valence-corrected chi connectivity index (χ1v) is 12.8. The second-order valence-electron chi connectivity index (χ2n) is 9.64. The maximum Gasteiger partial charge on any atom is 0.573 e. The summed E-state index contributed by atoms with van der Waals surface area (Å²) in [6.45, 7) is 0. The van der Waals surface area contributed by atoms with E-state index < -0.39 is 46.5 Å². The van der Waals surface area contributed by atoms with Crippen LogP contribution in [-0.4, -0.2) is 34.3 Å². The number of carbonyl (C=O) groups excluding carboxylic acids is 1. The van der Waals surface area contributed by atoms with Gasteiger partial charge in [-0.15, -0.1) is 13.2 Å². The first-order valence-electron chi connectivity index (χ1n) is 12.0. The highest BCUT2D eigenvalue weighted by Gasteiger charge is 2.66. The lowest BCUT2D eigenvalue weighted by atomic mass is 9.74. The highest BCUT2D eigenvalue weighted by atomic mass is 79.9. The minimum Gasteiger partial charge on any atom is -0.406 e. The summed E-state index contributed by atoms with van der Waals surface area (Å²) in [6, 6.07) is 15.7. The van der Waals surface area contributed by atoms with Crippen molar-refractivity contribution in [2.45, 2.75) is 36.3 Å². The maximum atomic E-state index is 13.8. The SMILES string of the molecule is O=C1Nc2ccc(OC(F)(F)F)cc2[C@@]12N[C@H](Cc1c[nH]c3ccccc13)[C@@H]([N+](=O)[O-])[C@@H]2c1ccc(Br)cc1. The van der Waals surface area contributed by atoms with Crippen molar-refractivity contribution in [3.63, 3.8) is 0 Å². The molecule has 2 aliphatic heterocycles. The highest BCUT2D eigenvalue weighted by molar-refractivity contribution is 9.10. The molecule has 3 N–H and O–H groups in total. The van der Waals surface area contributed by atoms with Crippen molar-refractivity contribution in [1.82, 2.24) is 10.3 Å². The van der Waals surface area contributed by atoms with Crippen LogP contribution in [0.1, 0.15) is 22.6 Å².